The van der Waals surface area contributed by atoms with Gasteiger partial charge in [-0.1, -0.05) is 48.7 Å². The molecule has 0 N–H and O–H groups in total. The second kappa shape index (κ2) is 6.08. The Bertz CT molecular complexity index is 444. The molecule has 1 amide bonds. The average Bonchev–Trinajstić information content (AvgIpc) is 2.46. The van der Waals surface area contributed by atoms with Crippen molar-refractivity contribution in [3.05, 3.63) is 34.3 Å². The zero-order valence-corrected chi connectivity index (χ0v) is 13.4. The monoisotopic (exact) mass is 323 g/mol. The lowest BCUT2D eigenvalue weighted by Gasteiger charge is -2.41. The first-order chi connectivity index (χ1) is 9.10. The van der Waals surface area contributed by atoms with Crippen molar-refractivity contribution in [2.24, 2.45) is 5.41 Å². The van der Waals surface area contributed by atoms with Crippen LogP contribution in [0.15, 0.2) is 28.7 Å². The van der Waals surface area contributed by atoms with Gasteiger partial charge in [0.25, 0.3) is 5.91 Å². The van der Waals surface area contributed by atoms with Crippen molar-refractivity contribution in [1.82, 2.24) is 4.90 Å². The summed E-state index contributed by atoms with van der Waals surface area (Å²) in [5, 5.41) is 0. The molecule has 1 saturated heterocycles. The van der Waals surface area contributed by atoms with Crippen LogP contribution in [0.4, 0.5) is 0 Å². The number of rotatable bonds is 3. The first-order valence-corrected chi connectivity index (χ1v) is 7.94. The van der Waals surface area contributed by atoms with E-state index >= 15 is 0 Å². The summed E-state index contributed by atoms with van der Waals surface area (Å²) in [6.07, 6.45) is 4.73. The fraction of sp³-hybridized carbons (Fsp3) is 0.562. The molecule has 2 nitrogen and oxygen atoms in total. The third-order valence-electron chi connectivity index (χ3n) is 4.68. The van der Waals surface area contributed by atoms with E-state index in [4.69, 9.17) is 0 Å². The molecular weight excluding hydrogens is 302 g/mol. The predicted molar refractivity (Wildman–Crippen MR) is 82.3 cm³/mol. The Morgan fingerprint density at radius 1 is 1.26 bits per heavy atom. The van der Waals surface area contributed by atoms with E-state index in [0.29, 0.717) is 5.41 Å². The molecule has 1 aliphatic rings. The number of carbonyl (C=O) groups excluding carboxylic acids is 1. The van der Waals surface area contributed by atoms with E-state index in [2.05, 4.69) is 29.8 Å². The molecule has 1 aliphatic heterocycles. The maximum atomic E-state index is 12.4. The van der Waals surface area contributed by atoms with Crippen molar-refractivity contribution in [1.29, 1.82) is 0 Å². The Morgan fingerprint density at radius 2 is 1.89 bits per heavy atom. The van der Waals surface area contributed by atoms with Gasteiger partial charge in [0.1, 0.15) is 0 Å². The lowest BCUT2D eigenvalue weighted by molar-refractivity contribution is 0.0557. The number of nitrogens with zero attached hydrogens (tertiary/aromatic N) is 1. The van der Waals surface area contributed by atoms with Crippen LogP contribution in [0.1, 0.15) is 49.9 Å². The summed E-state index contributed by atoms with van der Waals surface area (Å²) in [6.45, 7) is 6.34. The van der Waals surface area contributed by atoms with Gasteiger partial charge < -0.3 is 4.90 Å². The molecule has 0 radical (unpaired) electrons. The Labute approximate surface area is 124 Å². The van der Waals surface area contributed by atoms with Gasteiger partial charge in [0, 0.05) is 23.1 Å². The highest BCUT2D eigenvalue weighted by Crippen LogP contribution is 2.38. The highest BCUT2D eigenvalue weighted by molar-refractivity contribution is 9.10. The van der Waals surface area contributed by atoms with Crippen molar-refractivity contribution < 1.29 is 4.79 Å². The Kier molecular flexibility index (Phi) is 4.67. The summed E-state index contributed by atoms with van der Waals surface area (Å²) in [6, 6.07) is 7.67. The standard InChI is InChI=1S/C16H22BrNO/c1-3-16(4-2)8-10-18(11-9-16)15(19)13-6-5-7-14(17)12-13/h5-7,12H,3-4,8-11H2,1-2H3. The van der Waals surface area contributed by atoms with Gasteiger partial charge in [-0.3, -0.25) is 4.79 Å². The van der Waals surface area contributed by atoms with E-state index < -0.39 is 0 Å². The summed E-state index contributed by atoms with van der Waals surface area (Å²) in [7, 11) is 0. The second-order valence-corrected chi connectivity index (χ2v) is 6.43. The molecule has 2 rings (SSSR count). The second-order valence-electron chi connectivity index (χ2n) is 5.51. The number of hydrogen-bond donors (Lipinski definition) is 0. The molecule has 0 atom stereocenters. The largest absolute Gasteiger partial charge is 0.339 e. The number of likely N-dealkylation sites (tertiary alicyclic amines) is 1. The van der Waals surface area contributed by atoms with E-state index in [1.165, 1.54) is 12.8 Å². The summed E-state index contributed by atoms with van der Waals surface area (Å²) < 4.78 is 0.965. The Morgan fingerprint density at radius 3 is 2.42 bits per heavy atom. The van der Waals surface area contributed by atoms with E-state index in [9.17, 15) is 4.79 Å². The first kappa shape index (κ1) is 14.6. The predicted octanol–water partition coefficient (Wildman–Crippen LogP) is 4.49. The Hall–Kier alpha value is -0.830. The molecule has 0 saturated carbocycles. The van der Waals surface area contributed by atoms with Crippen LogP contribution in [-0.4, -0.2) is 23.9 Å². The molecule has 1 fully saturated rings. The SMILES string of the molecule is CCC1(CC)CCN(C(=O)c2cccc(Br)c2)CC1. The van der Waals surface area contributed by atoms with Crippen molar-refractivity contribution in [2.45, 2.75) is 39.5 Å². The minimum Gasteiger partial charge on any atom is -0.339 e. The number of piperidine rings is 1. The van der Waals surface area contributed by atoms with Crippen LogP contribution < -0.4 is 0 Å². The highest BCUT2D eigenvalue weighted by atomic mass is 79.9. The zero-order valence-electron chi connectivity index (χ0n) is 11.8. The van der Waals surface area contributed by atoms with Crippen LogP contribution >= 0.6 is 15.9 Å². The van der Waals surface area contributed by atoms with Gasteiger partial charge in [0.05, 0.1) is 0 Å². The average molecular weight is 324 g/mol. The molecule has 104 valence electrons. The molecule has 1 heterocycles. The topological polar surface area (TPSA) is 20.3 Å². The molecule has 3 heteroatoms. The molecular formula is C16H22BrNO. The fourth-order valence-electron chi connectivity index (χ4n) is 2.95. The smallest absolute Gasteiger partial charge is 0.253 e. The van der Waals surface area contributed by atoms with E-state index in [1.54, 1.807) is 0 Å². The van der Waals surface area contributed by atoms with E-state index in [-0.39, 0.29) is 5.91 Å². The quantitative estimate of drug-likeness (QED) is 0.802. The molecule has 19 heavy (non-hydrogen) atoms. The number of carbonyl (C=O) groups is 1. The number of benzene rings is 1. The molecule has 0 aliphatic carbocycles. The zero-order chi connectivity index (χ0) is 13.9. The van der Waals surface area contributed by atoms with Gasteiger partial charge in [0.2, 0.25) is 0 Å². The van der Waals surface area contributed by atoms with Crippen molar-refractivity contribution >= 4 is 21.8 Å². The lowest BCUT2D eigenvalue weighted by Crippen LogP contribution is -2.42. The minimum atomic E-state index is 0.169. The lowest BCUT2D eigenvalue weighted by atomic mass is 9.74. The maximum Gasteiger partial charge on any atom is 0.253 e. The minimum absolute atomic E-state index is 0.169. The number of halogens is 1. The summed E-state index contributed by atoms with van der Waals surface area (Å²) in [4.78, 5) is 14.5. The van der Waals surface area contributed by atoms with E-state index in [0.717, 1.165) is 36.0 Å². The van der Waals surface area contributed by atoms with Crippen LogP contribution in [0.25, 0.3) is 0 Å². The molecule has 0 unspecified atom stereocenters. The third kappa shape index (κ3) is 3.19. The Balaban J connectivity index is 2.04. The van der Waals surface area contributed by atoms with Crippen molar-refractivity contribution in [3.8, 4) is 0 Å². The van der Waals surface area contributed by atoms with Crippen LogP contribution in [-0.2, 0) is 0 Å². The van der Waals surface area contributed by atoms with Gasteiger partial charge in [-0.05, 0) is 36.5 Å². The number of hydrogen-bond acceptors (Lipinski definition) is 1. The maximum absolute atomic E-state index is 12.4. The van der Waals surface area contributed by atoms with Crippen molar-refractivity contribution in [3.63, 3.8) is 0 Å². The van der Waals surface area contributed by atoms with Crippen LogP contribution in [0.3, 0.4) is 0 Å². The number of amides is 1. The molecule has 1 aromatic carbocycles. The molecule has 1 aromatic rings. The first-order valence-electron chi connectivity index (χ1n) is 7.15. The summed E-state index contributed by atoms with van der Waals surface area (Å²) in [5.74, 6) is 0.169. The summed E-state index contributed by atoms with van der Waals surface area (Å²) >= 11 is 3.42. The van der Waals surface area contributed by atoms with Gasteiger partial charge >= 0.3 is 0 Å². The van der Waals surface area contributed by atoms with Crippen LogP contribution in [0, 0.1) is 5.41 Å². The normalized spacial score (nSPS) is 18.4. The summed E-state index contributed by atoms with van der Waals surface area (Å²) in [5.41, 5.74) is 1.25. The van der Waals surface area contributed by atoms with E-state index in [1.807, 2.05) is 29.2 Å². The fourth-order valence-corrected chi connectivity index (χ4v) is 3.34. The molecule has 0 spiro atoms. The molecule has 0 aromatic heterocycles. The van der Waals surface area contributed by atoms with Crippen LogP contribution in [0.5, 0.6) is 0 Å². The molecule has 0 bridgehead atoms. The van der Waals surface area contributed by atoms with Gasteiger partial charge in [-0.15, -0.1) is 0 Å². The van der Waals surface area contributed by atoms with Gasteiger partial charge in [-0.25, -0.2) is 0 Å². The van der Waals surface area contributed by atoms with Crippen LogP contribution in [0.2, 0.25) is 0 Å². The van der Waals surface area contributed by atoms with Crippen molar-refractivity contribution in [2.75, 3.05) is 13.1 Å². The van der Waals surface area contributed by atoms with Gasteiger partial charge in [0.15, 0.2) is 0 Å². The van der Waals surface area contributed by atoms with Gasteiger partial charge in [-0.2, -0.15) is 0 Å². The highest BCUT2D eigenvalue weighted by Gasteiger charge is 2.33. The third-order valence-corrected chi connectivity index (χ3v) is 5.18.